The number of carboxylic acid groups (broad SMARTS) is 1. The van der Waals surface area contributed by atoms with Crippen molar-refractivity contribution in [3.63, 3.8) is 0 Å². The number of rotatable bonds is 3. The molecular formula is C10H12MgO4. The van der Waals surface area contributed by atoms with Gasteiger partial charge >= 0.3 is 29.0 Å². The monoisotopic (exact) mass is 220 g/mol. The van der Waals surface area contributed by atoms with Gasteiger partial charge in [-0.2, -0.15) is 0 Å². The number of ether oxygens (including phenoxy) is 1. The summed E-state index contributed by atoms with van der Waals surface area (Å²) in [5.74, 6) is -0.672. The van der Waals surface area contributed by atoms with Crippen LogP contribution in [0.25, 0.3) is 6.08 Å². The summed E-state index contributed by atoms with van der Waals surface area (Å²) >= 11 is 0. The maximum atomic E-state index is 10.2. The van der Waals surface area contributed by atoms with Gasteiger partial charge < -0.3 is 17.8 Å². The van der Waals surface area contributed by atoms with E-state index in [1.807, 2.05) is 0 Å². The van der Waals surface area contributed by atoms with Gasteiger partial charge in [0.2, 0.25) is 0 Å². The predicted octanol–water partition coefficient (Wildman–Crippen LogP) is 1.34. The van der Waals surface area contributed by atoms with Crippen molar-refractivity contribution in [2.75, 3.05) is 7.11 Å². The maximum absolute atomic E-state index is 10.2. The van der Waals surface area contributed by atoms with Crippen molar-refractivity contribution in [1.82, 2.24) is 0 Å². The molecule has 0 unspecified atom stereocenters. The first-order valence-electron chi connectivity index (χ1n) is 3.91. The number of phenols is 1. The van der Waals surface area contributed by atoms with E-state index in [0.29, 0.717) is 11.3 Å². The Morgan fingerprint density at radius 2 is 2.20 bits per heavy atom. The molecule has 0 aliphatic carbocycles. The van der Waals surface area contributed by atoms with Gasteiger partial charge in [0, 0.05) is 6.08 Å². The van der Waals surface area contributed by atoms with E-state index in [4.69, 9.17) is 9.84 Å². The number of aromatic hydroxyl groups is 1. The molecule has 0 spiro atoms. The molecule has 4 nitrogen and oxygen atoms in total. The second-order valence-electron chi connectivity index (χ2n) is 2.60. The number of aliphatic carboxylic acids is 1. The van der Waals surface area contributed by atoms with Gasteiger partial charge in [0.15, 0.2) is 11.5 Å². The standard InChI is InChI=1S/C10H10O4.Mg.2H/c1-14-9-6-7(2-4-8(9)11)3-5-10(12)13;;;/h2-6,11H,1H3,(H,12,13);;;/q;+2;2*-1. The topological polar surface area (TPSA) is 66.8 Å². The molecule has 1 aromatic rings. The Balaban J connectivity index is -0.000000653. The Morgan fingerprint density at radius 3 is 2.73 bits per heavy atom. The van der Waals surface area contributed by atoms with Gasteiger partial charge in [-0.1, -0.05) is 6.07 Å². The molecule has 0 aliphatic rings. The minimum atomic E-state index is -1.02. The van der Waals surface area contributed by atoms with Crippen LogP contribution >= 0.6 is 0 Å². The van der Waals surface area contributed by atoms with E-state index >= 15 is 0 Å². The first-order valence-corrected chi connectivity index (χ1v) is 3.91. The van der Waals surface area contributed by atoms with Crippen molar-refractivity contribution >= 4 is 35.1 Å². The van der Waals surface area contributed by atoms with Crippen LogP contribution in [0.5, 0.6) is 11.5 Å². The number of phenolic OH excluding ortho intramolecular Hbond substituents is 1. The van der Waals surface area contributed by atoms with Gasteiger partial charge in [0.1, 0.15) is 0 Å². The van der Waals surface area contributed by atoms with Crippen molar-refractivity contribution in [3.05, 3.63) is 29.8 Å². The van der Waals surface area contributed by atoms with Crippen LogP contribution in [-0.4, -0.2) is 46.3 Å². The van der Waals surface area contributed by atoms with Crippen LogP contribution in [0.1, 0.15) is 8.42 Å². The molecule has 78 valence electrons. The van der Waals surface area contributed by atoms with Crippen molar-refractivity contribution in [3.8, 4) is 11.5 Å². The van der Waals surface area contributed by atoms with E-state index in [-0.39, 0.29) is 31.7 Å². The Kier molecular flexibility index (Phi) is 5.81. The zero-order chi connectivity index (χ0) is 10.6. The zero-order valence-electron chi connectivity index (χ0n) is 10.3. The summed E-state index contributed by atoms with van der Waals surface area (Å²) in [6.07, 6.45) is 2.44. The van der Waals surface area contributed by atoms with Crippen LogP contribution in [0.2, 0.25) is 0 Å². The number of benzene rings is 1. The molecule has 15 heavy (non-hydrogen) atoms. The predicted molar refractivity (Wildman–Crippen MR) is 59.3 cm³/mol. The second-order valence-corrected chi connectivity index (χ2v) is 2.60. The van der Waals surface area contributed by atoms with Crippen molar-refractivity contribution < 1.29 is 22.6 Å². The van der Waals surface area contributed by atoms with Crippen molar-refractivity contribution in [2.24, 2.45) is 0 Å². The Labute approximate surface area is 106 Å². The molecule has 0 aliphatic heterocycles. The number of methoxy groups -OCH3 is 1. The molecule has 0 fully saturated rings. The summed E-state index contributed by atoms with van der Waals surface area (Å²) in [5.41, 5.74) is 0.655. The van der Waals surface area contributed by atoms with Gasteiger partial charge in [-0.25, -0.2) is 4.79 Å². The van der Waals surface area contributed by atoms with Crippen LogP contribution in [0, 0.1) is 0 Å². The fourth-order valence-electron chi connectivity index (χ4n) is 0.965. The van der Waals surface area contributed by atoms with Crippen LogP contribution in [-0.2, 0) is 4.79 Å². The molecule has 0 amide bonds. The van der Waals surface area contributed by atoms with Gasteiger partial charge in [-0.15, -0.1) is 0 Å². The van der Waals surface area contributed by atoms with Crippen LogP contribution < -0.4 is 4.74 Å². The average Bonchev–Trinajstić information content (AvgIpc) is 2.16. The summed E-state index contributed by atoms with van der Waals surface area (Å²) in [4.78, 5) is 10.2. The second kappa shape index (κ2) is 6.31. The molecule has 0 bridgehead atoms. The molecule has 0 aromatic heterocycles. The quantitative estimate of drug-likeness (QED) is 0.596. The molecule has 0 radical (unpaired) electrons. The van der Waals surface area contributed by atoms with E-state index in [0.717, 1.165) is 6.08 Å². The van der Waals surface area contributed by atoms with Gasteiger partial charge in [0.05, 0.1) is 7.11 Å². The van der Waals surface area contributed by atoms with Gasteiger partial charge in [0.25, 0.3) is 0 Å². The number of carboxylic acids is 1. The van der Waals surface area contributed by atoms with Crippen molar-refractivity contribution in [1.29, 1.82) is 0 Å². The Hall–Kier alpha value is -1.20. The largest absolute Gasteiger partial charge is 2.00 e. The van der Waals surface area contributed by atoms with Crippen LogP contribution in [0.4, 0.5) is 0 Å². The van der Waals surface area contributed by atoms with E-state index in [1.54, 1.807) is 12.1 Å². The molecule has 5 heteroatoms. The molecule has 0 atom stereocenters. The molecule has 1 aromatic carbocycles. The van der Waals surface area contributed by atoms with E-state index in [9.17, 15) is 9.90 Å². The fraction of sp³-hybridized carbons (Fsp3) is 0.100. The summed E-state index contributed by atoms with van der Waals surface area (Å²) < 4.78 is 4.86. The van der Waals surface area contributed by atoms with E-state index in [1.165, 1.54) is 19.3 Å². The number of carbonyl (C=O) groups is 1. The maximum Gasteiger partial charge on any atom is 2.00 e. The van der Waals surface area contributed by atoms with Crippen LogP contribution in [0.3, 0.4) is 0 Å². The smallest absolute Gasteiger partial charge is 1.00 e. The third-order valence-electron chi connectivity index (χ3n) is 1.62. The Morgan fingerprint density at radius 1 is 1.53 bits per heavy atom. The summed E-state index contributed by atoms with van der Waals surface area (Å²) in [5, 5.41) is 17.6. The third kappa shape index (κ3) is 4.22. The summed E-state index contributed by atoms with van der Waals surface area (Å²) in [6.45, 7) is 0. The van der Waals surface area contributed by atoms with Gasteiger partial charge in [-0.3, -0.25) is 0 Å². The number of hydrogen-bond donors (Lipinski definition) is 2. The first kappa shape index (κ1) is 13.8. The minimum absolute atomic E-state index is 0. The van der Waals surface area contributed by atoms with Crippen LogP contribution in [0.15, 0.2) is 24.3 Å². The molecule has 0 heterocycles. The molecular weight excluding hydrogens is 208 g/mol. The molecule has 0 saturated carbocycles. The average molecular weight is 221 g/mol. The molecule has 2 N–H and O–H groups in total. The minimum Gasteiger partial charge on any atom is -1.00 e. The summed E-state index contributed by atoms with van der Waals surface area (Å²) in [6, 6.07) is 4.59. The van der Waals surface area contributed by atoms with Gasteiger partial charge in [-0.05, 0) is 23.8 Å². The Bertz CT molecular complexity index is 383. The van der Waals surface area contributed by atoms with Crippen molar-refractivity contribution in [2.45, 2.75) is 0 Å². The number of hydrogen-bond acceptors (Lipinski definition) is 3. The van der Waals surface area contributed by atoms with E-state index < -0.39 is 5.97 Å². The normalized spacial score (nSPS) is 9.67. The third-order valence-corrected chi connectivity index (χ3v) is 1.62. The zero-order valence-corrected chi connectivity index (χ0v) is 9.72. The van der Waals surface area contributed by atoms with E-state index in [2.05, 4.69) is 0 Å². The SMILES string of the molecule is COc1cc(C=CC(=O)O)ccc1O.[H-].[H-].[Mg+2]. The molecule has 1 rings (SSSR count). The summed E-state index contributed by atoms with van der Waals surface area (Å²) in [7, 11) is 1.43. The molecule has 0 saturated heterocycles. The fourth-order valence-corrected chi connectivity index (χ4v) is 0.965. The first-order chi connectivity index (χ1) is 6.63.